The van der Waals surface area contributed by atoms with Crippen molar-refractivity contribution in [1.82, 2.24) is 14.2 Å². The van der Waals surface area contributed by atoms with Crippen molar-refractivity contribution in [2.45, 2.75) is 13.1 Å². The molecule has 0 atom stereocenters. The lowest BCUT2D eigenvalue weighted by Gasteiger charge is -2.07. The van der Waals surface area contributed by atoms with Crippen LogP contribution < -0.4 is 11.3 Å². The van der Waals surface area contributed by atoms with Crippen molar-refractivity contribution in [2.24, 2.45) is 5.73 Å². The van der Waals surface area contributed by atoms with Crippen LogP contribution in [0, 0.1) is 0 Å². The molecule has 5 nitrogen and oxygen atoms in total. The number of fused-ring (bicyclic) bond motifs is 1. The Morgan fingerprint density at radius 3 is 2.84 bits per heavy atom. The molecule has 0 aliphatic carbocycles. The van der Waals surface area contributed by atoms with Gasteiger partial charge in [0, 0.05) is 18.9 Å². The lowest BCUT2D eigenvalue weighted by molar-refractivity contribution is 0.742. The summed E-state index contributed by atoms with van der Waals surface area (Å²) in [7, 11) is 0. The minimum Gasteiger partial charge on any atom is -0.326 e. The fourth-order valence-corrected chi connectivity index (χ4v) is 2.14. The summed E-state index contributed by atoms with van der Waals surface area (Å²) in [5, 5.41) is 4.04. The maximum absolute atomic E-state index is 12.2. The third kappa shape index (κ3) is 2.15. The van der Waals surface area contributed by atoms with E-state index in [1.807, 2.05) is 24.3 Å². The summed E-state index contributed by atoms with van der Waals surface area (Å²) in [5.74, 6) is 0. The molecule has 0 saturated heterocycles. The molecule has 0 saturated carbocycles. The first-order chi connectivity index (χ1) is 9.28. The Morgan fingerprint density at radius 1 is 1.16 bits per heavy atom. The Hall–Kier alpha value is -2.40. The highest BCUT2D eigenvalue weighted by Gasteiger charge is 2.04. The lowest BCUT2D eigenvalue weighted by Crippen LogP contribution is -2.21. The number of rotatable bonds is 3. The Kier molecular flexibility index (Phi) is 2.89. The summed E-state index contributed by atoms with van der Waals surface area (Å²) >= 11 is 0. The van der Waals surface area contributed by atoms with Gasteiger partial charge >= 0.3 is 0 Å². The van der Waals surface area contributed by atoms with E-state index in [9.17, 15) is 4.79 Å². The smallest absolute Gasteiger partial charge is 0.276 e. The van der Waals surface area contributed by atoms with Crippen LogP contribution in [0.25, 0.3) is 5.52 Å². The summed E-state index contributed by atoms with van der Waals surface area (Å²) in [6, 6.07) is 9.67. The van der Waals surface area contributed by atoms with Gasteiger partial charge in [-0.05, 0) is 17.2 Å². The highest BCUT2D eigenvalue weighted by atomic mass is 16.1. The van der Waals surface area contributed by atoms with Crippen molar-refractivity contribution >= 4 is 5.52 Å². The van der Waals surface area contributed by atoms with E-state index >= 15 is 0 Å². The van der Waals surface area contributed by atoms with Crippen molar-refractivity contribution in [3.63, 3.8) is 0 Å². The second-order valence-corrected chi connectivity index (χ2v) is 4.42. The van der Waals surface area contributed by atoms with Gasteiger partial charge < -0.3 is 10.3 Å². The van der Waals surface area contributed by atoms with Gasteiger partial charge in [-0.2, -0.15) is 5.10 Å². The molecule has 0 aliphatic heterocycles. The van der Waals surface area contributed by atoms with Crippen LogP contribution >= 0.6 is 0 Å². The fraction of sp³-hybridized carbons (Fsp3) is 0.143. The Bertz CT molecular complexity index is 772. The van der Waals surface area contributed by atoms with E-state index in [0.717, 1.165) is 11.1 Å². The number of aromatic nitrogens is 3. The molecular formula is C14H14N4O. The van der Waals surface area contributed by atoms with Crippen molar-refractivity contribution in [3.8, 4) is 0 Å². The molecule has 1 aromatic carbocycles. The van der Waals surface area contributed by atoms with Gasteiger partial charge in [0.05, 0.1) is 12.7 Å². The van der Waals surface area contributed by atoms with Gasteiger partial charge in [0.1, 0.15) is 5.52 Å². The van der Waals surface area contributed by atoms with Gasteiger partial charge in [-0.15, -0.1) is 0 Å². The molecular weight excluding hydrogens is 240 g/mol. The van der Waals surface area contributed by atoms with Crippen LogP contribution in [0.1, 0.15) is 11.1 Å². The zero-order valence-electron chi connectivity index (χ0n) is 10.4. The molecule has 3 rings (SSSR count). The third-order valence-electron chi connectivity index (χ3n) is 3.12. The lowest BCUT2D eigenvalue weighted by atomic mass is 10.1. The molecule has 0 amide bonds. The molecule has 0 radical (unpaired) electrons. The predicted octanol–water partition coefficient (Wildman–Crippen LogP) is 1.00. The molecule has 3 aromatic rings. The van der Waals surface area contributed by atoms with Crippen LogP contribution in [0.4, 0.5) is 0 Å². The predicted molar refractivity (Wildman–Crippen MR) is 72.9 cm³/mol. The monoisotopic (exact) mass is 254 g/mol. The highest BCUT2D eigenvalue weighted by molar-refractivity contribution is 5.42. The molecule has 2 N–H and O–H groups in total. The summed E-state index contributed by atoms with van der Waals surface area (Å²) < 4.78 is 3.25. The molecule has 96 valence electrons. The molecule has 0 unspecified atom stereocenters. The average molecular weight is 254 g/mol. The molecule has 2 aromatic heterocycles. The van der Waals surface area contributed by atoms with Crippen molar-refractivity contribution in [3.05, 3.63) is 70.4 Å². The Morgan fingerprint density at radius 2 is 2.00 bits per heavy atom. The van der Waals surface area contributed by atoms with E-state index < -0.39 is 0 Å². The van der Waals surface area contributed by atoms with E-state index in [0.29, 0.717) is 18.6 Å². The standard InChI is InChI=1S/C14H14N4O/c15-9-11-2-1-3-12(8-11)10-17-6-7-18-13(14(17)19)4-5-16-18/h1-8H,9-10,15H2. The second-order valence-electron chi connectivity index (χ2n) is 4.42. The molecule has 0 fully saturated rings. The first kappa shape index (κ1) is 11.7. The summed E-state index contributed by atoms with van der Waals surface area (Å²) in [6.45, 7) is 1.04. The number of benzene rings is 1. The van der Waals surface area contributed by atoms with Gasteiger partial charge in [0.2, 0.25) is 0 Å². The maximum Gasteiger partial charge on any atom is 0.276 e. The topological polar surface area (TPSA) is 65.3 Å². The van der Waals surface area contributed by atoms with E-state index in [4.69, 9.17) is 5.73 Å². The van der Waals surface area contributed by atoms with Gasteiger partial charge in [0.25, 0.3) is 5.56 Å². The van der Waals surface area contributed by atoms with Crippen LogP contribution in [0.3, 0.4) is 0 Å². The first-order valence-corrected chi connectivity index (χ1v) is 6.08. The van der Waals surface area contributed by atoms with Crippen molar-refractivity contribution in [2.75, 3.05) is 0 Å². The second kappa shape index (κ2) is 4.70. The van der Waals surface area contributed by atoms with Gasteiger partial charge in [-0.25, -0.2) is 4.52 Å². The molecule has 0 aliphatic rings. The minimum absolute atomic E-state index is 0.0434. The SMILES string of the molecule is NCc1cccc(Cn2ccn3nccc3c2=O)c1. The molecule has 0 bridgehead atoms. The van der Waals surface area contributed by atoms with Crippen molar-refractivity contribution < 1.29 is 0 Å². The van der Waals surface area contributed by atoms with Crippen LogP contribution in [0.2, 0.25) is 0 Å². The van der Waals surface area contributed by atoms with Crippen LogP contribution in [-0.4, -0.2) is 14.2 Å². The number of nitrogens with zero attached hydrogens (tertiary/aromatic N) is 3. The van der Waals surface area contributed by atoms with Crippen LogP contribution in [0.15, 0.2) is 53.7 Å². The molecule has 2 heterocycles. The summed E-state index contributed by atoms with van der Waals surface area (Å²) in [5.41, 5.74) is 8.29. The highest BCUT2D eigenvalue weighted by Crippen LogP contribution is 2.06. The molecule has 0 spiro atoms. The third-order valence-corrected chi connectivity index (χ3v) is 3.12. The first-order valence-electron chi connectivity index (χ1n) is 6.08. The van der Waals surface area contributed by atoms with E-state index in [2.05, 4.69) is 5.10 Å². The maximum atomic E-state index is 12.2. The van der Waals surface area contributed by atoms with Gasteiger partial charge in [-0.3, -0.25) is 4.79 Å². The zero-order valence-corrected chi connectivity index (χ0v) is 10.4. The minimum atomic E-state index is -0.0434. The molecule has 19 heavy (non-hydrogen) atoms. The molecule has 5 heteroatoms. The van der Waals surface area contributed by atoms with Crippen molar-refractivity contribution in [1.29, 1.82) is 0 Å². The number of nitrogens with two attached hydrogens (primary N) is 1. The average Bonchev–Trinajstić information content (AvgIpc) is 2.91. The Labute approximate surface area is 109 Å². The number of hydrogen-bond donors (Lipinski definition) is 1. The van der Waals surface area contributed by atoms with E-state index in [-0.39, 0.29) is 5.56 Å². The normalized spacial score (nSPS) is 11.0. The fourth-order valence-electron chi connectivity index (χ4n) is 2.14. The zero-order chi connectivity index (χ0) is 13.2. The number of hydrogen-bond acceptors (Lipinski definition) is 3. The van der Waals surface area contributed by atoms with E-state index in [1.54, 1.807) is 33.7 Å². The quantitative estimate of drug-likeness (QED) is 0.758. The van der Waals surface area contributed by atoms with Gasteiger partial charge in [-0.1, -0.05) is 24.3 Å². The van der Waals surface area contributed by atoms with Gasteiger partial charge in [0.15, 0.2) is 0 Å². The summed E-state index contributed by atoms with van der Waals surface area (Å²) in [4.78, 5) is 12.2. The van der Waals surface area contributed by atoms with Crippen LogP contribution in [-0.2, 0) is 13.1 Å². The largest absolute Gasteiger partial charge is 0.326 e. The van der Waals surface area contributed by atoms with Crippen LogP contribution in [0.5, 0.6) is 0 Å². The van der Waals surface area contributed by atoms with E-state index in [1.165, 1.54) is 0 Å². The Balaban J connectivity index is 2.00. The summed E-state index contributed by atoms with van der Waals surface area (Å²) in [6.07, 6.45) is 5.15.